The summed E-state index contributed by atoms with van der Waals surface area (Å²) < 4.78 is 2.05. The average molecular weight is 470 g/mol. The first-order valence-electron chi connectivity index (χ1n) is 12.1. The van der Waals surface area contributed by atoms with E-state index in [0.717, 1.165) is 36.9 Å². The quantitative estimate of drug-likeness (QED) is 0.543. The molecule has 3 N–H and O–H groups in total. The second kappa shape index (κ2) is 11.7. The molecule has 2 aromatic rings. The summed E-state index contributed by atoms with van der Waals surface area (Å²) in [6.45, 7) is 9.87. The summed E-state index contributed by atoms with van der Waals surface area (Å²) in [5.74, 6) is -0.133. The standard InChI is InChI=1S/C25H33N7O2.3H2/c1-26-20-9-7-19(8-10-20)17-31-18-28-15-22(31)11-12-29-24(33)23-16-27-13-14-32(23)25(34)30-21-5-3-2-4-6-21;;;/h7-10,15,18,21,23,27H,2-6,11-14,16-17H2,(H,29,33)(H,30,34);3*1H/t23-;;;/m1.../s1. The molecule has 0 unspecified atom stereocenters. The first-order chi connectivity index (χ1) is 16.6. The van der Waals surface area contributed by atoms with Crippen LogP contribution in [0.25, 0.3) is 4.85 Å². The highest BCUT2D eigenvalue weighted by atomic mass is 16.2. The first kappa shape index (κ1) is 23.8. The third-order valence-corrected chi connectivity index (χ3v) is 6.64. The maximum atomic E-state index is 13.0. The maximum absolute atomic E-state index is 13.0. The predicted molar refractivity (Wildman–Crippen MR) is 136 cm³/mol. The van der Waals surface area contributed by atoms with Gasteiger partial charge in [-0.15, -0.1) is 0 Å². The largest absolute Gasteiger partial charge is 0.354 e. The van der Waals surface area contributed by atoms with Crippen LogP contribution < -0.4 is 16.0 Å². The molecular weight excluding hydrogens is 430 g/mol. The lowest BCUT2D eigenvalue weighted by molar-refractivity contribution is -0.125. The number of rotatable bonds is 7. The molecule has 34 heavy (non-hydrogen) atoms. The molecule has 1 aromatic heterocycles. The maximum Gasteiger partial charge on any atom is 0.318 e. The van der Waals surface area contributed by atoms with E-state index in [1.807, 2.05) is 35.0 Å². The molecule has 0 spiro atoms. The van der Waals surface area contributed by atoms with Crippen LogP contribution in [0.4, 0.5) is 10.5 Å². The Labute approximate surface area is 205 Å². The average Bonchev–Trinajstić information content (AvgIpc) is 3.31. The van der Waals surface area contributed by atoms with Crippen LogP contribution in [0, 0.1) is 6.57 Å². The molecule has 3 amide bonds. The van der Waals surface area contributed by atoms with E-state index in [0.29, 0.717) is 44.8 Å². The van der Waals surface area contributed by atoms with Gasteiger partial charge in [0.05, 0.1) is 12.9 Å². The minimum Gasteiger partial charge on any atom is -0.354 e. The molecular formula is C25H39N7O2. The van der Waals surface area contributed by atoms with Crippen LogP contribution in [-0.4, -0.2) is 64.7 Å². The summed E-state index contributed by atoms with van der Waals surface area (Å²) in [7, 11) is 0. The van der Waals surface area contributed by atoms with Crippen LogP contribution in [-0.2, 0) is 17.8 Å². The second-order valence-corrected chi connectivity index (χ2v) is 9.03. The number of imidazole rings is 1. The molecule has 1 saturated carbocycles. The van der Waals surface area contributed by atoms with Gasteiger partial charge in [-0.3, -0.25) is 4.79 Å². The van der Waals surface area contributed by atoms with Gasteiger partial charge in [-0.2, -0.15) is 0 Å². The molecule has 2 heterocycles. The van der Waals surface area contributed by atoms with Gasteiger partial charge in [0.15, 0.2) is 5.69 Å². The van der Waals surface area contributed by atoms with Crippen molar-refractivity contribution in [2.75, 3.05) is 26.2 Å². The number of aromatic nitrogens is 2. The Kier molecular flexibility index (Phi) is 8.15. The molecule has 0 radical (unpaired) electrons. The number of hydrogen-bond acceptors (Lipinski definition) is 4. The highest BCUT2D eigenvalue weighted by Crippen LogP contribution is 2.18. The fourth-order valence-electron chi connectivity index (χ4n) is 4.69. The number of urea groups is 1. The van der Waals surface area contributed by atoms with E-state index in [4.69, 9.17) is 6.57 Å². The SMILES string of the molecule is [C-]#[N+]c1ccc(Cn2cncc2CCNC(=O)[C@H]2CNCCN2C(=O)NC2CCCCC2)cc1.[HH].[HH].[HH]. The number of benzene rings is 1. The number of hydrogen-bond donors (Lipinski definition) is 3. The zero-order chi connectivity index (χ0) is 23.8. The minimum absolute atomic E-state index is 0. The number of carbonyl (C=O) groups is 2. The lowest BCUT2D eigenvalue weighted by atomic mass is 9.96. The van der Waals surface area contributed by atoms with Crippen molar-refractivity contribution in [2.45, 2.75) is 57.2 Å². The van der Waals surface area contributed by atoms with Crippen molar-refractivity contribution < 1.29 is 13.9 Å². The number of carbonyl (C=O) groups excluding carboxylic acids is 2. The van der Waals surface area contributed by atoms with Gasteiger partial charge in [-0.05, 0) is 18.4 Å². The summed E-state index contributed by atoms with van der Waals surface area (Å²) >= 11 is 0. The number of piperazine rings is 1. The monoisotopic (exact) mass is 469 g/mol. The van der Waals surface area contributed by atoms with Gasteiger partial charge in [0, 0.05) is 61.4 Å². The van der Waals surface area contributed by atoms with Gasteiger partial charge in [-0.1, -0.05) is 43.5 Å². The minimum atomic E-state index is -0.511. The highest BCUT2D eigenvalue weighted by Gasteiger charge is 2.33. The van der Waals surface area contributed by atoms with Gasteiger partial charge < -0.3 is 25.4 Å². The summed E-state index contributed by atoms with van der Waals surface area (Å²) in [5, 5.41) is 9.39. The molecule has 186 valence electrons. The zero-order valence-electron chi connectivity index (χ0n) is 19.5. The molecule has 1 saturated heterocycles. The van der Waals surface area contributed by atoms with E-state index in [2.05, 4.69) is 25.8 Å². The van der Waals surface area contributed by atoms with Crippen molar-refractivity contribution in [1.29, 1.82) is 0 Å². The van der Waals surface area contributed by atoms with Gasteiger partial charge in [0.25, 0.3) is 0 Å². The smallest absolute Gasteiger partial charge is 0.318 e. The molecule has 1 aliphatic carbocycles. The van der Waals surface area contributed by atoms with Crippen LogP contribution in [0.2, 0.25) is 0 Å². The topological polar surface area (TPSA) is 95.7 Å². The normalized spacial score (nSPS) is 18.8. The van der Waals surface area contributed by atoms with Crippen molar-refractivity contribution in [3.63, 3.8) is 0 Å². The second-order valence-electron chi connectivity index (χ2n) is 9.03. The van der Waals surface area contributed by atoms with Crippen molar-refractivity contribution in [3.05, 3.63) is 59.5 Å². The lowest BCUT2D eigenvalue weighted by Gasteiger charge is -2.36. The van der Waals surface area contributed by atoms with Gasteiger partial charge >= 0.3 is 6.03 Å². The van der Waals surface area contributed by atoms with Crippen molar-refractivity contribution in [1.82, 2.24) is 30.4 Å². The number of amides is 3. The fourth-order valence-corrected chi connectivity index (χ4v) is 4.69. The molecule has 1 atom stereocenters. The molecule has 1 aromatic carbocycles. The molecule has 4 rings (SSSR count). The number of nitrogens with one attached hydrogen (secondary N) is 3. The van der Waals surface area contributed by atoms with Crippen molar-refractivity contribution in [3.8, 4) is 0 Å². The van der Waals surface area contributed by atoms with Crippen LogP contribution in [0.5, 0.6) is 0 Å². The molecule has 2 aliphatic rings. The molecule has 1 aliphatic heterocycles. The number of nitrogens with zero attached hydrogens (tertiary/aromatic N) is 4. The van der Waals surface area contributed by atoms with Crippen molar-refractivity contribution in [2.24, 2.45) is 0 Å². The fraction of sp³-hybridized carbons (Fsp3) is 0.520. The zero-order valence-corrected chi connectivity index (χ0v) is 19.5. The van der Waals surface area contributed by atoms with E-state index in [1.54, 1.807) is 11.2 Å². The Hall–Kier alpha value is -3.38. The van der Waals surface area contributed by atoms with E-state index >= 15 is 0 Å². The van der Waals surface area contributed by atoms with Crippen LogP contribution in [0.1, 0.15) is 47.6 Å². The van der Waals surface area contributed by atoms with Crippen LogP contribution >= 0.6 is 0 Å². The summed E-state index contributed by atoms with van der Waals surface area (Å²) in [5.41, 5.74) is 2.72. The first-order valence-corrected chi connectivity index (χ1v) is 12.1. The summed E-state index contributed by atoms with van der Waals surface area (Å²) in [4.78, 5) is 35.2. The Morgan fingerprint density at radius 2 is 2.00 bits per heavy atom. The predicted octanol–water partition coefficient (Wildman–Crippen LogP) is 3.19. The van der Waals surface area contributed by atoms with Gasteiger partial charge in [0.2, 0.25) is 5.91 Å². The van der Waals surface area contributed by atoms with Gasteiger partial charge in [0.1, 0.15) is 6.04 Å². The van der Waals surface area contributed by atoms with E-state index in [9.17, 15) is 9.59 Å². The van der Waals surface area contributed by atoms with Gasteiger partial charge in [-0.25, -0.2) is 14.6 Å². The highest BCUT2D eigenvalue weighted by molar-refractivity contribution is 5.87. The molecule has 0 bridgehead atoms. The third kappa shape index (κ3) is 6.14. The Bertz CT molecular complexity index is 1020. The van der Waals surface area contributed by atoms with Crippen LogP contribution in [0.3, 0.4) is 0 Å². The molecule has 2 fully saturated rings. The van der Waals surface area contributed by atoms with E-state index < -0.39 is 6.04 Å². The summed E-state index contributed by atoms with van der Waals surface area (Å²) in [6, 6.07) is 7.10. The van der Waals surface area contributed by atoms with E-state index in [1.165, 1.54) is 6.42 Å². The molecule has 9 nitrogen and oxygen atoms in total. The third-order valence-electron chi connectivity index (χ3n) is 6.64. The molecule has 9 heteroatoms. The lowest BCUT2D eigenvalue weighted by Crippen LogP contribution is -2.62. The summed E-state index contributed by atoms with van der Waals surface area (Å²) in [6.07, 6.45) is 9.81. The van der Waals surface area contributed by atoms with E-state index in [-0.39, 0.29) is 22.3 Å². The van der Waals surface area contributed by atoms with Crippen LogP contribution in [0.15, 0.2) is 36.8 Å². The Morgan fingerprint density at radius 3 is 2.76 bits per heavy atom. The Balaban J connectivity index is 0.00000228. The van der Waals surface area contributed by atoms with Crippen molar-refractivity contribution >= 4 is 17.6 Å². The Morgan fingerprint density at radius 1 is 1.21 bits per heavy atom.